The lowest BCUT2D eigenvalue weighted by Crippen LogP contribution is -2.60. The topological polar surface area (TPSA) is 167 Å². The third-order valence-corrected chi connectivity index (χ3v) is 11.7. The van der Waals surface area contributed by atoms with Crippen molar-refractivity contribution in [2.45, 2.75) is 128 Å². The molecule has 1 saturated carbocycles. The molecule has 3 rings (SSSR count). The van der Waals surface area contributed by atoms with Crippen LogP contribution >= 0.6 is 0 Å². The van der Waals surface area contributed by atoms with Crippen molar-refractivity contribution in [3.63, 3.8) is 0 Å². The van der Waals surface area contributed by atoms with Crippen LogP contribution in [0.15, 0.2) is 30.3 Å². The molecule has 0 bridgehead atoms. The highest BCUT2D eigenvalue weighted by molar-refractivity contribution is 6.00. The Kier molecular flexibility index (Phi) is 16.0. The number of benzene rings is 1. The first-order chi connectivity index (χ1) is 25.0. The van der Waals surface area contributed by atoms with E-state index < -0.39 is 59.6 Å². The maximum Gasteiger partial charge on any atom is 0.330 e. The number of aliphatic carboxylic acids is 1. The molecule has 0 spiro atoms. The quantitative estimate of drug-likeness (QED) is 0.156. The highest BCUT2D eigenvalue weighted by Gasteiger charge is 2.62. The number of ether oxygens (including phenoxy) is 2. The third kappa shape index (κ3) is 10.0. The normalized spacial score (nSPS) is 23.9. The van der Waals surface area contributed by atoms with Crippen molar-refractivity contribution in [2.75, 3.05) is 34.9 Å². The molecule has 0 unspecified atom stereocenters. The van der Waals surface area contributed by atoms with Crippen LogP contribution in [0.4, 0.5) is 0 Å². The first-order valence-electron chi connectivity index (χ1n) is 19.2. The van der Waals surface area contributed by atoms with E-state index in [1.165, 1.54) is 7.11 Å². The van der Waals surface area contributed by atoms with Crippen LogP contribution in [0.2, 0.25) is 0 Å². The number of rotatable bonds is 20. The molecule has 1 aliphatic carbocycles. The molecule has 4 amide bonds. The summed E-state index contributed by atoms with van der Waals surface area (Å²) in [5, 5.41) is 18.6. The van der Waals surface area contributed by atoms with E-state index in [-0.39, 0.29) is 47.9 Å². The first kappa shape index (κ1) is 44.0. The molecule has 4 N–H and O–H groups in total. The van der Waals surface area contributed by atoms with Gasteiger partial charge < -0.3 is 30.1 Å². The minimum absolute atomic E-state index is 0.0177. The third-order valence-electron chi connectivity index (χ3n) is 11.7. The van der Waals surface area contributed by atoms with E-state index in [0.717, 1.165) is 18.4 Å². The first-order valence-corrected chi connectivity index (χ1v) is 19.2. The van der Waals surface area contributed by atoms with E-state index in [0.29, 0.717) is 19.4 Å². The lowest BCUT2D eigenvalue weighted by molar-refractivity contribution is -0.146. The number of carbonyl (C=O) groups excluding carboxylic acids is 4. The van der Waals surface area contributed by atoms with Gasteiger partial charge in [-0.15, -0.1) is 0 Å². The molecule has 0 radical (unpaired) electrons. The Bertz CT molecular complexity index is 1410. The second-order valence-electron chi connectivity index (χ2n) is 15.8. The van der Waals surface area contributed by atoms with Gasteiger partial charge in [-0.1, -0.05) is 85.2 Å². The van der Waals surface area contributed by atoms with E-state index >= 15 is 0 Å². The van der Waals surface area contributed by atoms with Crippen LogP contribution in [0.1, 0.15) is 92.1 Å². The van der Waals surface area contributed by atoms with Crippen LogP contribution in [0.3, 0.4) is 0 Å². The Morgan fingerprint density at radius 2 is 1.60 bits per heavy atom. The Hall–Kier alpha value is -3.39. The number of hydrogen-bond acceptors (Lipinski definition) is 9. The number of amides is 4. The maximum absolute atomic E-state index is 14.2. The summed E-state index contributed by atoms with van der Waals surface area (Å²) in [6.45, 7) is 14.0. The fraction of sp³-hybridized carbons (Fsp3) is 0.725. The smallest absolute Gasteiger partial charge is 0.330 e. The van der Waals surface area contributed by atoms with Crippen molar-refractivity contribution in [3.05, 3.63) is 35.9 Å². The number of nitrogens with zero attached hydrogens (tertiary/aromatic N) is 2. The molecule has 1 aromatic carbocycles. The largest absolute Gasteiger partial charge is 0.479 e. The van der Waals surface area contributed by atoms with E-state index in [2.05, 4.69) is 29.8 Å². The molecular formula is C40H65N5O8. The molecule has 1 saturated heterocycles. The average Bonchev–Trinajstić information content (AvgIpc) is 3.64. The van der Waals surface area contributed by atoms with E-state index in [1.807, 2.05) is 70.0 Å². The van der Waals surface area contributed by atoms with Gasteiger partial charge in [0.1, 0.15) is 5.54 Å². The summed E-state index contributed by atoms with van der Waals surface area (Å²) in [7, 11) is 6.63. The zero-order chi connectivity index (χ0) is 39.8. The van der Waals surface area contributed by atoms with Gasteiger partial charge >= 0.3 is 5.97 Å². The zero-order valence-electron chi connectivity index (χ0n) is 33.7. The predicted molar refractivity (Wildman–Crippen MR) is 203 cm³/mol. The van der Waals surface area contributed by atoms with Crippen LogP contribution < -0.4 is 16.0 Å². The van der Waals surface area contributed by atoms with Gasteiger partial charge in [-0.25, -0.2) is 4.79 Å². The lowest BCUT2D eigenvalue weighted by Gasteiger charge is -2.43. The standard InChI is InChI=1S/C40H65N5O8/c1-12-25(6)34(44(9)33(24(4)5)38(49)42-37(48)32(41-8)23(2)3)30(52-10)21-31(46)45-20-16-19-29(45)35(53-11)26(7)36(47)43-40(39(50)51)22-28(40)27-17-14-13-15-18-27/h13-15,17-18,23-26,28-30,32-35,41H,12,16,19-22H2,1-11H3,(H,43,47)(H,50,51)(H,42,48,49)/t25-,26+,28+,29-,30+,32-,33-,34-,35+,40-/m0/s1. The van der Waals surface area contributed by atoms with Gasteiger partial charge in [-0.05, 0) is 56.7 Å². The van der Waals surface area contributed by atoms with Gasteiger partial charge in [-0.3, -0.25) is 29.4 Å². The van der Waals surface area contributed by atoms with Gasteiger partial charge in [-0.2, -0.15) is 0 Å². The molecule has 2 fully saturated rings. The maximum atomic E-state index is 14.2. The van der Waals surface area contributed by atoms with Crippen molar-refractivity contribution >= 4 is 29.6 Å². The minimum Gasteiger partial charge on any atom is -0.479 e. The number of hydrogen-bond donors (Lipinski definition) is 4. The number of carbonyl (C=O) groups is 5. The number of likely N-dealkylation sites (N-methyl/N-ethyl adjacent to an activating group) is 2. The monoisotopic (exact) mass is 743 g/mol. The molecule has 10 atom stereocenters. The van der Waals surface area contributed by atoms with Crippen molar-refractivity contribution in [1.29, 1.82) is 0 Å². The Morgan fingerprint density at radius 3 is 2.11 bits per heavy atom. The van der Waals surface area contributed by atoms with Crippen LogP contribution in [0.5, 0.6) is 0 Å². The van der Waals surface area contributed by atoms with Crippen molar-refractivity contribution < 1.29 is 38.6 Å². The fourth-order valence-corrected chi connectivity index (χ4v) is 8.49. The molecule has 1 aliphatic heterocycles. The summed E-state index contributed by atoms with van der Waals surface area (Å²) in [6, 6.07) is 7.36. The zero-order valence-corrected chi connectivity index (χ0v) is 33.7. The van der Waals surface area contributed by atoms with Crippen LogP contribution in [-0.2, 0) is 33.4 Å². The fourth-order valence-electron chi connectivity index (χ4n) is 8.49. The number of likely N-dealkylation sites (tertiary alicyclic amines) is 1. The van der Waals surface area contributed by atoms with Crippen molar-refractivity contribution in [1.82, 2.24) is 25.8 Å². The summed E-state index contributed by atoms with van der Waals surface area (Å²) in [4.78, 5) is 70.9. The highest BCUT2D eigenvalue weighted by atomic mass is 16.5. The average molecular weight is 744 g/mol. The van der Waals surface area contributed by atoms with Crippen molar-refractivity contribution in [2.24, 2.45) is 23.7 Å². The predicted octanol–water partition coefficient (Wildman–Crippen LogP) is 3.42. The molecule has 298 valence electrons. The van der Waals surface area contributed by atoms with Gasteiger partial charge in [0.05, 0.1) is 42.7 Å². The van der Waals surface area contributed by atoms with Crippen molar-refractivity contribution in [3.8, 4) is 0 Å². The molecular weight excluding hydrogens is 678 g/mol. The number of carboxylic acid groups (broad SMARTS) is 1. The number of carboxylic acids is 1. The summed E-state index contributed by atoms with van der Waals surface area (Å²) in [5.74, 6) is -3.67. The molecule has 13 heteroatoms. The molecule has 1 aromatic rings. The van der Waals surface area contributed by atoms with Gasteiger partial charge in [0.15, 0.2) is 0 Å². The molecule has 13 nitrogen and oxygen atoms in total. The summed E-state index contributed by atoms with van der Waals surface area (Å²) in [5.41, 5.74) is -0.532. The number of imide groups is 1. The van der Waals surface area contributed by atoms with E-state index in [9.17, 15) is 29.1 Å². The highest BCUT2D eigenvalue weighted by Crippen LogP contribution is 2.52. The Morgan fingerprint density at radius 1 is 0.962 bits per heavy atom. The van der Waals surface area contributed by atoms with Crippen LogP contribution in [-0.4, -0.2) is 121 Å². The van der Waals surface area contributed by atoms with Gasteiger partial charge in [0, 0.05) is 32.7 Å². The van der Waals surface area contributed by atoms with Gasteiger partial charge in [0.2, 0.25) is 23.6 Å². The summed E-state index contributed by atoms with van der Waals surface area (Å²) < 4.78 is 12.0. The number of nitrogens with one attached hydrogen (secondary N) is 3. The van der Waals surface area contributed by atoms with Gasteiger partial charge in [0.25, 0.3) is 0 Å². The van der Waals surface area contributed by atoms with E-state index in [4.69, 9.17) is 9.47 Å². The SMILES string of the molecule is CC[C@H](C)[C@@H]([C@@H](CC(=O)N1CCC[C@H]1[C@H](OC)[C@@H](C)C(=O)N[C@@]1(C(=O)O)C[C@@H]1c1ccccc1)OC)N(C)[C@H](C(=O)NC(=O)[C@@H](NC)C(C)C)C(C)C. The summed E-state index contributed by atoms with van der Waals surface area (Å²) in [6.07, 6.45) is 1.18. The Labute approximate surface area is 316 Å². The lowest BCUT2D eigenvalue weighted by atomic mass is 9.87. The van der Waals surface area contributed by atoms with E-state index in [1.54, 1.807) is 26.0 Å². The molecule has 1 heterocycles. The molecule has 2 aliphatic rings. The van der Waals surface area contributed by atoms with Crippen LogP contribution in [0.25, 0.3) is 0 Å². The minimum atomic E-state index is -1.39. The second kappa shape index (κ2) is 19.3. The molecule has 53 heavy (non-hydrogen) atoms. The second-order valence-corrected chi connectivity index (χ2v) is 15.8. The van der Waals surface area contributed by atoms with Crippen LogP contribution in [0, 0.1) is 23.7 Å². The number of methoxy groups -OCH3 is 2. The Balaban J connectivity index is 1.79. The molecule has 0 aromatic heterocycles. The summed E-state index contributed by atoms with van der Waals surface area (Å²) >= 11 is 0.